The van der Waals surface area contributed by atoms with Crippen LogP contribution in [0, 0.1) is 17.3 Å². The minimum absolute atomic E-state index is 0.495. The van der Waals surface area contributed by atoms with Gasteiger partial charge in [0.2, 0.25) is 0 Å². The van der Waals surface area contributed by atoms with Crippen molar-refractivity contribution in [2.45, 2.75) is 72.8 Å². The summed E-state index contributed by atoms with van der Waals surface area (Å²) in [5, 5.41) is 1.16. The van der Waals surface area contributed by atoms with Crippen LogP contribution in [-0.4, -0.2) is 29.4 Å². The summed E-state index contributed by atoms with van der Waals surface area (Å²) in [4.78, 5) is 2.78. The third-order valence-electron chi connectivity index (χ3n) is 5.10. The molecule has 19 heavy (non-hydrogen) atoms. The Balaban J connectivity index is 2.76. The predicted molar refractivity (Wildman–Crippen MR) is 90.0 cm³/mol. The molecule has 1 nitrogen and oxygen atoms in total. The third kappa shape index (κ3) is 4.74. The van der Waals surface area contributed by atoms with Crippen LogP contribution < -0.4 is 0 Å². The zero-order valence-corrected chi connectivity index (χ0v) is 15.3. The van der Waals surface area contributed by atoms with E-state index >= 15 is 0 Å². The number of rotatable bonds is 7. The molecule has 1 aliphatic rings. The van der Waals surface area contributed by atoms with E-state index < -0.39 is 0 Å². The lowest BCUT2D eigenvalue weighted by Crippen LogP contribution is -2.50. The smallest absolute Gasteiger partial charge is 0.0100 e. The SMILES string of the molecule is CCCC(CBr)(CCC)CN1CC(C)CC(C)C1C. The Labute approximate surface area is 129 Å². The highest BCUT2D eigenvalue weighted by atomic mass is 79.9. The van der Waals surface area contributed by atoms with E-state index in [2.05, 4.69) is 55.4 Å². The van der Waals surface area contributed by atoms with Crippen molar-refractivity contribution >= 4 is 15.9 Å². The molecule has 0 aromatic rings. The van der Waals surface area contributed by atoms with Crippen LogP contribution in [0.3, 0.4) is 0 Å². The highest BCUT2D eigenvalue weighted by Crippen LogP contribution is 2.36. The topological polar surface area (TPSA) is 3.24 Å². The predicted octanol–water partition coefficient (Wildman–Crippen LogP) is 5.33. The molecule has 2 heteroatoms. The molecule has 0 aliphatic carbocycles. The van der Waals surface area contributed by atoms with E-state index in [1.54, 1.807) is 0 Å². The zero-order chi connectivity index (χ0) is 14.5. The molecule has 0 aromatic carbocycles. The minimum Gasteiger partial charge on any atom is -0.300 e. The van der Waals surface area contributed by atoms with Gasteiger partial charge in [0.05, 0.1) is 0 Å². The average Bonchev–Trinajstić information content (AvgIpc) is 2.36. The second kappa shape index (κ2) is 8.02. The second-order valence-electron chi connectivity index (χ2n) is 7.12. The Morgan fingerprint density at radius 2 is 1.68 bits per heavy atom. The molecule has 0 saturated carbocycles. The van der Waals surface area contributed by atoms with Gasteiger partial charge in [0.25, 0.3) is 0 Å². The van der Waals surface area contributed by atoms with Crippen molar-refractivity contribution in [3.05, 3.63) is 0 Å². The first-order valence-corrected chi connectivity index (χ1v) is 9.40. The molecule has 0 radical (unpaired) electrons. The molecule has 1 fully saturated rings. The zero-order valence-electron chi connectivity index (χ0n) is 13.7. The average molecular weight is 332 g/mol. The van der Waals surface area contributed by atoms with E-state index in [0.717, 1.165) is 23.2 Å². The fourth-order valence-electron chi connectivity index (χ4n) is 3.99. The normalized spacial score (nSPS) is 29.7. The first-order valence-electron chi connectivity index (χ1n) is 8.28. The number of likely N-dealkylation sites (tertiary alicyclic amines) is 1. The fourth-order valence-corrected chi connectivity index (χ4v) is 4.73. The van der Waals surface area contributed by atoms with Gasteiger partial charge in [-0.15, -0.1) is 0 Å². The summed E-state index contributed by atoms with van der Waals surface area (Å²) in [5.41, 5.74) is 0.495. The Morgan fingerprint density at radius 1 is 1.11 bits per heavy atom. The van der Waals surface area contributed by atoms with Crippen LogP contribution in [0.1, 0.15) is 66.7 Å². The van der Waals surface area contributed by atoms with Crippen molar-refractivity contribution in [2.75, 3.05) is 18.4 Å². The molecule has 3 atom stereocenters. The molecular formula is C17H34BrN. The van der Waals surface area contributed by atoms with Gasteiger partial charge in [0, 0.05) is 24.5 Å². The minimum atomic E-state index is 0.495. The first-order chi connectivity index (χ1) is 8.98. The molecule has 1 rings (SSSR count). The number of piperidine rings is 1. The van der Waals surface area contributed by atoms with Crippen molar-refractivity contribution in [1.82, 2.24) is 4.90 Å². The van der Waals surface area contributed by atoms with Crippen molar-refractivity contribution < 1.29 is 0 Å². The van der Waals surface area contributed by atoms with Crippen molar-refractivity contribution in [2.24, 2.45) is 17.3 Å². The Hall–Kier alpha value is 0.440. The summed E-state index contributed by atoms with van der Waals surface area (Å²) in [6.45, 7) is 14.5. The van der Waals surface area contributed by atoms with E-state index in [1.165, 1.54) is 45.2 Å². The van der Waals surface area contributed by atoms with Crippen molar-refractivity contribution in [3.63, 3.8) is 0 Å². The summed E-state index contributed by atoms with van der Waals surface area (Å²) in [6, 6.07) is 0.753. The van der Waals surface area contributed by atoms with Crippen LogP contribution in [0.15, 0.2) is 0 Å². The standard InChI is InChI=1S/C17H34BrN/c1-6-8-17(12-18,9-7-2)13-19-11-14(3)10-15(4)16(19)5/h14-16H,6-13H2,1-5H3. The number of halogens is 1. The number of nitrogens with zero attached hydrogens (tertiary/aromatic N) is 1. The van der Waals surface area contributed by atoms with Gasteiger partial charge in [-0.2, -0.15) is 0 Å². The summed E-state index contributed by atoms with van der Waals surface area (Å²) in [6.07, 6.45) is 6.73. The summed E-state index contributed by atoms with van der Waals surface area (Å²) >= 11 is 3.83. The van der Waals surface area contributed by atoms with E-state index in [1.807, 2.05) is 0 Å². The van der Waals surface area contributed by atoms with Gasteiger partial charge in [0.1, 0.15) is 0 Å². The van der Waals surface area contributed by atoms with E-state index in [0.29, 0.717) is 5.41 Å². The van der Waals surface area contributed by atoms with Gasteiger partial charge < -0.3 is 0 Å². The van der Waals surface area contributed by atoms with Crippen molar-refractivity contribution in [3.8, 4) is 0 Å². The van der Waals surface area contributed by atoms with E-state index in [4.69, 9.17) is 0 Å². The van der Waals surface area contributed by atoms with Gasteiger partial charge in [-0.25, -0.2) is 0 Å². The van der Waals surface area contributed by atoms with Gasteiger partial charge in [-0.05, 0) is 43.4 Å². The highest BCUT2D eigenvalue weighted by Gasteiger charge is 2.35. The maximum atomic E-state index is 3.83. The molecule has 0 amide bonds. The highest BCUT2D eigenvalue weighted by molar-refractivity contribution is 9.09. The second-order valence-corrected chi connectivity index (χ2v) is 7.68. The fraction of sp³-hybridized carbons (Fsp3) is 1.00. The summed E-state index contributed by atoms with van der Waals surface area (Å²) < 4.78 is 0. The molecule has 1 saturated heterocycles. The quantitative estimate of drug-likeness (QED) is 0.569. The monoisotopic (exact) mass is 331 g/mol. The van der Waals surface area contributed by atoms with Gasteiger partial charge in [0.15, 0.2) is 0 Å². The lowest BCUT2D eigenvalue weighted by atomic mass is 9.78. The molecule has 0 spiro atoms. The van der Waals surface area contributed by atoms with Crippen LogP contribution in [-0.2, 0) is 0 Å². The molecule has 1 aliphatic heterocycles. The Kier molecular flexibility index (Phi) is 7.39. The summed E-state index contributed by atoms with van der Waals surface area (Å²) in [7, 11) is 0. The van der Waals surface area contributed by atoms with Gasteiger partial charge in [-0.3, -0.25) is 4.90 Å². The maximum Gasteiger partial charge on any atom is 0.0100 e. The van der Waals surface area contributed by atoms with E-state index in [-0.39, 0.29) is 0 Å². The Bertz CT molecular complexity index is 248. The third-order valence-corrected chi connectivity index (χ3v) is 6.29. The van der Waals surface area contributed by atoms with Crippen LogP contribution in [0.5, 0.6) is 0 Å². The summed E-state index contributed by atoms with van der Waals surface area (Å²) in [5.74, 6) is 1.71. The molecular weight excluding hydrogens is 298 g/mol. The number of hydrogen-bond donors (Lipinski definition) is 0. The lowest BCUT2D eigenvalue weighted by Gasteiger charge is -2.46. The van der Waals surface area contributed by atoms with Gasteiger partial charge >= 0.3 is 0 Å². The number of alkyl halides is 1. The number of hydrogen-bond acceptors (Lipinski definition) is 1. The molecule has 1 heterocycles. The Morgan fingerprint density at radius 3 is 2.16 bits per heavy atom. The molecule has 114 valence electrons. The molecule has 3 unspecified atom stereocenters. The largest absolute Gasteiger partial charge is 0.300 e. The lowest BCUT2D eigenvalue weighted by molar-refractivity contribution is 0.0367. The van der Waals surface area contributed by atoms with Crippen LogP contribution in [0.2, 0.25) is 0 Å². The first kappa shape index (κ1) is 17.5. The van der Waals surface area contributed by atoms with Crippen LogP contribution in [0.4, 0.5) is 0 Å². The van der Waals surface area contributed by atoms with Crippen LogP contribution in [0.25, 0.3) is 0 Å². The van der Waals surface area contributed by atoms with E-state index in [9.17, 15) is 0 Å². The maximum absolute atomic E-state index is 3.83. The van der Waals surface area contributed by atoms with Crippen LogP contribution >= 0.6 is 15.9 Å². The van der Waals surface area contributed by atoms with Gasteiger partial charge in [-0.1, -0.05) is 56.5 Å². The molecule has 0 aromatic heterocycles. The molecule has 0 bridgehead atoms. The van der Waals surface area contributed by atoms with Crippen molar-refractivity contribution in [1.29, 1.82) is 0 Å². The molecule has 0 N–H and O–H groups in total.